The van der Waals surface area contributed by atoms with Gasteiger partial charge in [-0.1, -0.05) is 6.07 Å². The van der Waals surface area contributed by atoms with E-state index in [1.165, 1.54) is 7.11 Å². The highest BCUT2D eigenvalue weighted by Gasteiger charge is 2.28. The van der Waals surface area contributed by atoms with Crippen molar-refractivity contribution in [3.05, 3.63) is 42.4 Å². The Morgan fingerprint density at radius 1 is 1.12 bits per heavy atom. The molecule has 2 heterocycles. The van der Waals surface area contributed by atoms with Crippen molar-refractivity contribution in [3.63, 3.8) is 0 Å². The van der Waals surface area contributed by atoms with Crippen LogP contribution in [0.15, 0.2) is 36.8 Å². The molecule has 32 heavy (non-hydrogen) atoms. The van der Waals surface area contributed by atoms with Crippen molar-refractivity contribution in [2.24, 2.45) is 0 Å². The van der Waals surface area contributed by atoms with E-state index >= 15 is 0 Å². The summed E-state index contributed by atoms with van der Waals surface area (Å²) in [4.78, 5) is 29.2. The average molecular weight is 437 g/mol. The lowest BCUT2D eigenvalue weighted by molar-refractivity contribution is 0.0938. The number of nitrogens with zero attached hydrogens (tertiary/aromatic N) is 2. The highest BCUT2D eigenvalue weighted by atomic mass is 16.5. The molecule has 4 N–H and O–H groups in total. The number of H-pyrrole nitrogens is 1. The Kier molecular flexibility index (Phi) is 6.25. The van der Waals surface area contributed by atoms with Crippen molar-refractivity contribution < 1.29 is 14.3 Å². The van der Waals surface area contributed by atoms with Crippen molar-refractivity contribution >= 4 is 28.6 Å². The van der Waals surface area contributed by atoms with Crippen LogP contribution in [0.2, 0.25) is 0 Å². The fourth-order valence-electron chi connectivity index (χ4n) is 4.13. The van der Waals surface area contributed by atoms with Gasteiger partial charge in [0.05, 0.1) is 30.1 Å². The van der Waals surface area contributed by atoms with E-state index in [2.05, 4.69) is 35.9 Å². The Hall–Kier alpha value is -3.62. The number of amides is 2. The molecular weight excluding hydrogens is 408 g/mol. The number of benzene rings is 1. The molecule has 1 aromatic carbocycles. The van der Waals surface area contributed by atoms with Gasteiger partial charge in [0, 0.05) is 41.5 Å². The van der Waals surface area contributed by atoms with Crippen molar-refractivity contribution in [2.75, 3.05) is 12.4 Å². The van der Waals surface area contributed by atoms with Crippen molar-refractivity contribution in [1.29, 1.82) is 0 Å². The van der Waals surface area contributed by atoms with Gasteiger partial charge in [-0.3, -0.25) is 14.9 Å². The van der Waals surface area contributed by atoms with Gasteiger partial charge in [-0.2, -0.15) is 5.10 Å². The molecule has 9 heteroatoms. The second kappa shape index (κ2) is 9.25. The second-order valence-electron chi connectivity index (χ2n) is 8.38. The Balaban J connectivity index is 1.61. The molecule has 0 bridgehead atoms. The number of nitrogens with one attached hydrogen (secondary N) is 4. The first-order valence-electron chi connectivity index (χ1n) is 10.8. The molecule has 9 nitrogen and oxygen atoms in total. The van der Waals surface area contributed by atoms with Crippen LogP contribution in [0.25, 0.3) is 22.0 Å². The number of methoxy groups -OCH3 is 1. The van der Waals surface area contributed by atoms with Crippen molar-refractivity contribution in [1.82, 2.24) is 25.8 Å². The predicted molar refractivity (Wildman–Crippen MR) is 123 cm³/mol. The summed E-state index contributed by atoms with van der Waals surface area (Å²) in [7, 11) is 1.34. The van der Waals surface area contributed by atoms with Gasteiger partial charge in [-0.25, -0.2) is 4.79 Å². The van der Waals surface area contributed by atoms with Crippen LogP contribution in [0.5, 0.6) is 0 Å². The first kappa shape index (κ1) is 21.6. The topological polar surface area (TPSA) is 121 Å². The number of alkyl carbamates (subject to hydrolysis) is 1. The molecule has 1 aliphatic carbocycles. The lowest BCUT2D eigenvalue weighted by atomic mass is 10.0. The predicted octanol–water partition coefficient (Wildman–Crippen LogP) is 3.45. The van der Waals surface area contributed by atoms with Crippen LogP contribution in [0, 0.1) is 0 Å². The van der Waals surface area contributed by atoms with Crippen LogP contribution in [0.3, 0.4) is 0 Å². The molecule has 0 saturated heterocycles. The van der Waals surface area contributed by atoms with E-state index in [1.54, 1.807) is 12.4 Å². The van der Waals surface area contributed by atoms with Gasteiger partial charge in [0.25, 0.3) is 5.91 Å². The molecule has 168 valence electrons. The SMILES string of the molecule is COC(=O)N[C@H]1CC[C@H](NC(=O)c2cnc3ccc(-c4cn[nH]c4)cc3c2NC(C)C)C1. The summed E-state index contributed by atoms with van der Waals surface area (Å²) in [6.45, 7) is 4.07. The molecule has 2 atom stereocenters. The zero-order valence-electron chi connectivity index (χ0n) is 18.4. The summed E-state index contributed by atoms with van der Waals surface area (Å²) in [6, 6.07) is 6.07. The van der Waals surface area contributed by atoms with E-state index in [1.807, 2.05) is 38.2 Å². The smallest absolute Gasteiger partial charge is 0.407 e. The van der Waals surface area contributed by atoms with Gasteiger partial charge in [0.15, 0.2) is 0 Å². The third-order valence-corrected chi connectivity index (χ3v) is 5.65. The van der Waals surface area contributed by atoms with Crippen molar-refractivity contribution in [3.8, 4) is 11.1 Å². The summed E-state index contributed by atoms with van der Waals surface area (Å²) in [6.07, 6.45) is 7.02. The van der Waals surface area contributed by atoms with E-state index in [4.69, 9.17) is 0 Å². The van der Waals surface area contributed by atoms with Crippen LogP contribution < -0.4 is 16.0 Å². The van der Waals surface area contributed by atoms with Gasteiger partial charge < -0.3 is 20.7 Å². The van der Waals surface area contributed by atoms with Crippen LogP contribution >= 0.6 is 0 Å². The number of carbonyl (C=O) groups is 2. The maximum absolute atomic E-state index is 13.2. The molecule has 2 amide bonds. The van der Waals surface area contributed by atoms with E-state index < -0.39 is 6.09 Å². The largest absolute Gasteiger partial charge is 0.453 e. The van der Waals surface area contributed by atoms with Gasteiger partial charge >= 0.3 is 6.09 Å². The summed E-state index contributed by atoms with van der Waals surface area (Å²) >= 11 is 0. The lowest BCUT2D eigenvalue weighted by Gasteiger charge is -2.19. The third-order valence-electron chi connectivity index (χ3n) is 5.65. The molecule has 2 aromatic heterocycles. The fourth-order valence-corrected chi connectivity index (χ4v) is 4.13. The van der Waals surface area contributed by atoms with Gasteiger partial charge in [-0.05, 0) is 50.8 Å². The monoisotopic (exact) mass is 436 g/mol. The Morgan fingerprint density at radius 3 is 2.59 bits per heavy atom. The van der Waals surface area contributed by atoms with Crippen LogP contribution in [0.4, 0.5) is 10.5 Å². The van der Waals surface area contributed by atoms with Gasteiger partial charge in [-0.15, -0.1) is 0 Å². The zero-order valence-corrected chi connectivity index (χ0v) is 18.4. The minimum atomic E-state index is -0.447. The molecule has 0 unspecified atom stereocenters. The molecule has 1 fully saturated rings. The van der Waals surface area contributed by atoms with Crippen molar-refractivity contribution in [2.45, 2.75) is 51.2 Å². The highest BCUT2D eigenvalue weighted by molar-refractivity contribution is 6.08. The van der Waals surface area contributed by atoms with Crippen LogP contribution in [-0.2, 0) is 4.74 Å². The van der Waals surface area contributed by atoms with E-state index in [0.717, 1.165) is 40.6 Å². The maximum Gasteiger partial charge on any atom is 0.407 e. The Bertz CT molecular complexity index is 1110. The highest BCUT2D eigenvalue weighted by Crippen LogP contribution is 2.31. The second-order valence-corrected chi connectivity index (χ2v) is 8.38. The standard InChI is InChI=1S/C23H28N6O3/c1-13(2)27-21-18-8-14(15-10-25-26-11-15)4-7-20(18)24-12-19(21)22(30)28-16-5-6-17(9-16)29-23(31)32-3/h4,7-8,10-13,16-17H,5-6,9H2,1-3H3,(H,24,27)(H,25,26)(H,28,30)(H,29,31)/t16-,17-/m0/s1. The number of ether oxygens (including phenoxy) is 1. The van der Waals surface area contributed by atoms with E-state index in [0.29, 0.717) is 12.0 Å². The van der Waals surface area contributed by atoms with Gasteiger partial charge in [0.1, 0.15) is 0 Å². The number of hydrogen-bond acceptors (Lipinski definition) is 6. The average Bonchev–Trinajstić information content (AvgIpc) is 3.45. The maximum atomic E-state index is 13.2. The Labute approximate surface area is 186 Å². The molecule has 4 rings (SSSR count). The number of hydrogen-bond donors (Lipinski definition) is 4. The minimum Gasteiger partial charge on any atom is -0.453 e. The normalized spacial score (nSPS) is 18.0. The molecule has 0 radical (unpaired) electrons. The summed E-state index contributed by atoms with van der Waals surface area (Å²) in [5.74, 6) is -0.181. The van der Waals surface area contributed by atoms with Crippen LogP contribution in [-0.4, -0.2) is 52.4 Å². The number of carbonyl (C=O) groups excluding carboxylic acids is 2. The first-order valence-corrected chi connectivity index (χ1v) is 10.8. The van der Waals surface area contributed by atoms with Gasteiger partial charge in [0.2, 0.25) is 0 Å². The summed E-state index contributed by atoms with van der Waals surface area (Å²) in [5.41, 5.74) is 4.02. The number of aromatic nitrogens is 3. The number of anilines is 1. The molecule has 3 aromatic rings. The molecule has 0 spiro atoms. The molecule has 0 aliphatic heterocycles. The van der Waals surface area contributed by atoms with Crippen LogP contribution in [0.1, 0.15) is 43.5 Å². The van der Waals surface area contributed by atoms with E-state index in [9.17, 15) is 9.59 Å². The van der Waals surface area contributed by atoms with E-state index in [-0.39, 0.29) is 24.0 Å². The minimum absolute atomic E-state index is 0.00624. The number of aromatic amines is 1. The summed E-state index contributed by atoms with van der Waals surface area (Å²) in [5, 5.41) is 17.1. The number of rotatable bonds is 6. The first-order chi connectivity index (χ1) is 15.4. The number of pyridine rings is 1. The third kappa shape index (κ3) is 4.66. The lowest BCUT2D eigenvalue weighted by Crippen LogP contribution is -2.37. The molecule has 1 saturated carbocycles. The number of fused-ring (bicyclic) bond motifs is 1. The Morgan fingerprint density at radius 2 is 1.91 bits per heavy atom. The molecular formula is C23H28N6O3. The quantitative estimate of drug-likeness (QED) is 0.470. The summed E-state index contributed by atoms with van der Waals surface area (Å²) < 4.78 is 4.67. The molecule has 1 aliphatic rings. The fraction of sp³-hybridized carbons (Fsp3) is 0.391. The zero-order chi connectivity index (χ0) is 22.7.